The van der Waals surface area contributed by atoms with Gasteiger partial charge in [0.25, 0.3) is 0 Å². The zero-order chi connectivity index (χ0) is 32.1. The molecule has 0 heterocycles. The van der Waals surface area contributed by atoms with E-state index in [1.165, 1.54) is 6.92 Å². The van der Waals surface area contributed by atoms with Crippen LogP contribution in [0.2, 0.25) is 0 Å². The Hall–Kier alpha value is -1.66. The molecule has 9 atom stereocenters. The number of hydrogen-bond donors (Lipinski definition) is 0. The van der Waals surface area contributed by atoms with Crippen LogP contribution < -0.4 is 0 Å². The van der Waals surface area contributed by atoms with Crippen molar-refractivity contribution in [3.63, 3.8) is 0 Å². The lowest BCUT2D eigenvalue weighted by atomic mass is 9.33. The number of fused-ring (bicyclic) bond motifs is 7. The minimum absolute atomic E-state index is 0.0158. The predicted molar refractivity (Wildman–Crippen MR) is 160 cm³/mol. The van der Waals surface area contributed by atoms with E-state index in [1.807, 2.05) is 13.8 Å². The van der Waals surface area contributed by atoms with Gasteiger partial charge in [-0.25, -0.2) is 0 Å². The standard InChI is InChI=1S/C36H53F3O4/c1-20(2)29-24(41)19-35(27(42)18-21(3)36(37,38)39)17-16-33(8)23(30(29)35)10-11-26-32(7)14-13-28(43-22(4)40)31(5,6)25(32)12-15-34(26,33)9/h20-21,23,25-26,28H,10-19H2,1-9H3/t21?,23-,25+,26-,28+,32+,33-,34-,35+/m1/s1. The molecule has 43 heavy (non-hydrogen) atoms. The van der Waals surface area contributed by atoms with Gasteiger partial charge in [0.2, 0.25) is 0 Å². The van der Waals surface area contributed by atoms with Crippen LogP contribution in [0.1, 0.15) is 127 Å². The van der Waals surface area contributed by atoms with Gasteiger partial charge in [-0.3, -0.25) is 14.4 Å². The minimum atomic E-state index is -4.44. The molecule has 0 bridgehead atoms. The van der Waals surface area contributed by atoms with E-state index in [4.69, 9.17) is 4.74 Å². The first-order valence-corrected chi connectivity index (χ1v) is 16.7. The molecule has 0 amide bonds. The Morgan fingerprint density at radius 1 is 0.884 bits per heavy atom. The van der Waals surface area contributed by atoms with E-state index in [-0.39, 0.29) is 63.6 Å². The summed E-state index contributed by atoms with van der Waals surface area (Å²) in [6.07, 6.45) is 1.87. The molecule has 5 aliphatic carbocycles. The van der Waals surface area contributed by atoms with E-state index in [2.05, 4.69) is 34.6 Å². The first-order valence-electron chi connectivity index (χ1n) is 16.7. The second-order valence-electron chi connectivity index (χ2n) is 16.8. The van der Waals surface area contributed by atoms with E-state index < -0.39 is 23.9 Å². The molecule has 0 saturated heterocycles. The van der Waals surface area contributed by atoms with E-state index in [0.717, 1.165) is 63.0 Å². The number of halogens is 3. The Morgan fingerprint density at radius 2 is 1.53 bits per heavy atom. The third-order valence-corrected chi connectivity index (χ3v) is 14.3. The molecule has 242 valence electrons. The number of hydrogen-bond acceptors (Lipinski definition) is 4. The first kappa shape index (κ1) is 32.7. The van der Waals surface area contributed by atoms with Crippen molar-refractivity contribution in [1.29, 1.82) is 0 Å². The molecule has 0 aromatic carbocycles. The Balaban J connectivity index is 1.55. The van der Waals surface area contributed by atoms with Crippen molar-refractivity contribution < 1.29 is 32.3 Å². The van der Waals surface area contributed by atoms with E-state index in [9.17, 15) is 27.6 Å². The van der Waals surface area contributed by atoms with Crippen LogP contribution in [0.5, 0.6) is 0 Å². The van der Waals surface area contributed by atoms with Gasteiger partial charge in [-0.15, -0.1) is 0 Å². The van der Waals surface area contributed by atoms with Crippen LogP contribution in [-0.2, 0) is 19.1 Å². The van der Waals surface area contributed by atoms with Crippen LogP contribution in [0, 0.1) is 56.7 Å². The highest BCUT2D eigenvalue weighted by atomic mass is 19.4. The number of ether oxygens (including phenoxy) is 1. The van der Waals surface area contributed by atoms with Crippen molar-refractivity contribution in [1.82, 2.24) is 0 Å². The normalized spacial score (nSPS) is 43.0. The Labute approximate surface area is 256 Å². The summed E-state index contributed by atoms with van der Waals surface area (Å²) in [5.74, 6) is -1.58. The summed E-state index contributed by atoms with van der Waals surface area (Å²) in [7, 11) is 0. The van der Waals surface area contributed by atoms with E-state index in [0.29, 0.717) is 18.3 Å². The fourth-order valence-corrected chi connectivity index (χ4v) is 11.9. The zero-order valence-electron chi connectivity index (χ0n) is 27.8. The van der Waals surface area contributed by atoms with Gasteiger partial charge in [0.1, 0.15) is 11.9 Å². The molecule has 0 spiro atoms. The molecular formula is C36H53F3O4. The van der Waals surface area contributed by atoms with E-state index in [1.54, 1.807) is 0 Å². The van der Waals surface area contributed by atoms with Crippen LogP contribution in [-0.4, -0.2) is 29.8 Å². The smallest absolute Gasteiger partial charge is 0.391 e. The fraction of sp³-hybridized carbons (Fsp3) is 0.861. The molecule has 0 aromatic heterocycles. The van der Waals surface area contributed by atoms with Crippen LogP contribution in [0.25, 0.3) is 0 Å². The number of allylic oxidation sites excluding steroid dienone is 2. The molecule has 0 aliphatic heterocycles. The minimum Gasteiger partial charge on any atom is -0.462 e. The molecule has 0 radical (unpaired) electrons. The number of carbonyl (C=O) groups excluding carboxylic acids is 3. The Bertz CT molecular complexity index is 1230. The molecule has 1 unspecified atom stereocenters. The average Bonchev–Trinajstić information content (AvgIpc) is 3.19. The third-order valence-electron chi connectivity index (χ3n) is 14.3. The quantitative estimate of drug-likeness (QED) is 0.293. The van der Waals surface area contributed by atoms with Crippen LogP contribution >= 0.6 is 0 Å². The van der Waals surface area contributed by atoms with Gasteiger partial charge in [-0.2, -0.15) is 13.2 Å². The summed E-state index contributed by atoms with van der Waals surface area (Å²) in [5.41, 5.74) is 0.275. The number of alkyl halides is 3. The van der Waals surface area contributed by atoms with Gasteiger partial charge in [-0.05, 0) is 102 Å². The maximum absolute atomic E-state index is 14.0. The predicted octanol–water partition coefficient (Wildman–Crippen LogP) is 9.06. The molecule has 5 rings (SSSR count). The van der Waals surface area contributed by atoms with Crippen molar-refractivity contribution in [2.24, 2.45) is 56.7 Å². The lowest BCUT2D eigenvalue weighted by molar-refractivity contribution is -0.232. The lowest BCUT2D eigenvalue weighted by Gasteiger charge is -2.72. The monoisotopic (exact) mass is 606 g/mol. The molecule has 0 N–H and O–H groups in total. The third kappa shape index (κ3) is 4.54. The van der Waals surface area contributed by atoms with Gasteiger partial charge in [-0.1, -0.05) is 55.4 Å². The van der Waals surface area contributed by atoms with Crippen molar-refractivity contribution in [3.05, 3.63) is 11.1 Å². The van der Waals surface area contributed by atoms with Crippen LogP contribution in [0.4, 0.5) is 13.2 Å². The number of Topliss-reactive ketones (excluding diaryl/α,β-unsaturated/α-hetero) is 2. The second kappa shape index (κ2) is 10.2. The molecule has 4 nitrogen and oxygen atoms in total. The summed E-state index contributed by atoms with van der Waals surface area (Å²) in [5, 5.41) is 0. The number of esters is 1. The average molecular weight is 607 g/mol. The summed E-state index contributed by atoms with van der Waals surface area (Å²) in [6.45, 7) is 18.4. The molecule has 4 saturated carbocycles. The largest absolute Gasteiger partial charge is 0.462 e. The zero-order valence-corrected chi connectivity index (χ0v) is 27.8. The summed E-state index contributed by atoms with van der Waals surface area (Å²) in [4.78, 5) is 39.6. The van der Waals surface area contributed by atoms with Crippen molar-refractivity contribution in [2.75, 3.05) is 0 Å². The molecule has 0 aromatic rings. The highest BCUT2D eigenvalue weighted by Gasteiger charge is 2.71. The van der Waals surface area contributed by atoms with Crippen molar-refractivity contribution in [3.8, 4) is 0 Å². The van der Waals surface area contributed by atoms with Gasteiger partial charge in [0.05, 0.1) is 11.3 Å². The lowest BCUT2D eigenvalue weighted by Crippen LogP contribution is -2.66. The highest BCUT2D eigenvalue weighted by Crippen LogP contribution is 2.77. The number of carbonyl (C=O) groups is 3. The molecule has 7 heteroatoms. The van der Waals surface area contributed by atoms with Gasteiger partial charge < -0.3 is 4.74 Å². The van der Waals surface area contributed by atoms with E-state index >= 15 is 0 Å². The summed E-state index contributed by atoms with van der Waals surface area (Å²) in [6, 6.07) is 0. The number of rotatable bonds is 5. The Morgan fingerprint density at radius 3 is 2.12 bits per heavy atom. The van der Waals surface area contributed by atoms with Crippen LogP contribution in [0.15, 0.2) is 11.1 Å². The van der Waals surface area contributed by atoms with Gasteiger partial charge in [0.15, 0.2) is 5.78 Å². The number of ketones is 2. The topological polar surface area (TPSA) is 60.4 Å². The molecular weight excluding hydrogens is 553 g/mol. The highest BCUT2D eigenvalue weighted by molar-refractivity contribution is 6.07. The van der Waals surface area contributed by atoms with Gasteiger partial charge in [0, 0.05) is 25.2 Å². The Kier molecular flexibility index (Phi) is 7.74. The van der Waals surface area contributed by atoms with Crippen molar-refractivity contribution >= 4 is 17.5 Å². The van der Waals surface area contributed by atoms with Gasteiger partial charge >= 0.3 is 12.1 Å². The molecule has 4 fully saturated rings. The fourth-order valence-electron chi connectivity index (χ4n) is 11.9. The SMILES string of the molecule is CC(=O)O[C@H]1CC[C@]2(C)[C@H]3CC[C@@H]4C5=C(C(C)C)C(=O)C[C@]5(C(=O)CC(C)C(F)(F)F)CC[C@@]4(C)[C@]3(C)CC[C@H]2C1(C)C. The summed E-state index contributed by atoms with van der Waals surface area (Å²) >= 11 is 0. The van der Waals surface area contributed by atoms with Crippen molar-refractivity contribution in [2.45, 2.75) is 139 Å². The maximum atomic E-state index is 14.0. The first-order chi connectivity index (χ1) is 19.7. The second-order valence-corrected chi connectivity index (χ2v) is 16.8. The van der Waals surface area contributed by atoms with Crippen LogP contribution in [0.3, 0.4) is 0 Å². The molecule has 5 aliphatic rings. The maximum Gasteiger partial charge on any atom is 0.391 e. The summed E-state index contributed by atoms with van der Waals surface area (Å²) < 4.78 is 46.7.